The van der Waals surface area contributed by atoms with Crippen LogP contribution in [-0.2, 0) is 17.5 Å². The van der Waals surface area contributed by atoms with E-state index in [0.29, 0.717) is 29.7 Å². The highest BCUT2D eigenvalue weighted by Gasteiger charge is 2.36. The Bertz CT molecular complexity index is 802. The van der Waals surface area contributed by atoms with Crippen molar-refractivity contribution in [2.75, 3.05) is 6.61 Å². The molecule has 0 amide bonds. The number of nitriles is 1. The zero-order chi connectivity index (χ0) is 18.0. The molecular formula is C17H16F3N3O2. The van der Waals surface area contributed by atoms with Gasteiger partial charge in [0.25, 0.3) is 0 Å². The first-order valence-corrected chi connectivity index (χ1v) is 7.86. The van der Waals surface area contributed by atoms with Crippen molar-refractivity contribution in [1.82, 2.24) is 9.55 Å². The van der Waals surface area contributed by atoms with Crippen molar-refractivity contribution in [2.24, 2.45) is 0 Å². The zero-order valence-corrected chi connectivity index (χ0v) is 13.3. The molecule has 1 unspecified atom stereocenters. The van der Waals surface area contributed by atoms with Crippen LogP contribution in [0.4, 0.5) is 13.2 Å². The van der Waals surface area contributed by atoms with Gasteiger partial charge in [-0.05, 0) is 43.0 Å². The lowest BCUT2D eigenvalue weighted by Gasteiger charge is -2.25. The molecule has 1 aliphatic heterocycles. The van der Waals surface area contributed by atoms with E-state index < -0.39 is 24.7 Å². The number of rotatable bonds is 3. The SMILES string of the molecule is N#Cc1ccc(-c2nc(C(F)(F)F)cn2C2CCCCO2)c(CO)c1. The molecule has 0 saturated carbocycles. The number of aliphatic hydroxyl groups is 1. The highest BCUT2D eigenvalue weighted by atomic mass is 19.4. The fourth-order valence-electron chi connectivity index (χ4n) is 2.90. The van der Waals surface area contributed by atoms with Crippen LogP contribution < -0.4 is 0 Å². The fraction of sp³-hybridized carbons (Fsp3) is 0.412. The molecule has 3 rings (SSSR count). The van der Waals surface area contributed by atoms with Crippen molar-refractivity contribution in [3.63, 3.8) is 0 Å². The Morgan fingerprint density at radius 2 is 2.16 bits per heavy atom. The first-order valence-electron chi connectivity index (χ1n) is 7.86. The van der Waals surface area contributed by atoms with Gasteiger partial charge in [-0.1, -0.05) is 0 Å². The van der Waals surface area contributed by atoms with E-state index in [2.05, 4.69) is 4.98 Å². The first-order chi connectivity index (χ1) is 11.9. The molecule has 2 aromatic rings. The minimum Gasteiger partial charge on any atom is -0.392 e. The molecule has 1 saturated heterocycles. The minimum atomic E-state index is -4.58. The summed E-state index contributed by atoms with van der Waals surface area (Å²) in [5.41, 5.74) is 0.00222. The van der Waals surface area contributed by atoms with Crippen LogP contribution in [0.1, 0.15) is 42.3 Å². The Balaban J connectivity index is 2.14. The lowest BCUT2D eigenvalue weighted by molar-refractivity contribution is -0.141. The molecule has 8 heteroatoms. The number of ether oxygens (including phenoxy) is 1. The largest absolute Gasteiger partial charge is 0.434 e. The summed E-state index contributed by atoms with van der Waals surface area (Å²) in [7, 11) is 0. The van der Waals surface area contributed by atoms with Crippen molar-refractivity contribution in [1.29, 1.82) is 5.26 Å². The summed E-state index contributed by atoms with van der Waals surface area (Å²) >= 11 is 0. The minimum absolute atomic E-state index is 0.0766. The molecule has 2 heterocycles. The normalized spacial score (nSPS) is 18.1. The molecule has 25 heavy (non-hydrogen) atoms. The smallest absolute Gasteiger partial charge is 0.392 e. The van der Waals surface area contributed by atoms with E-state index in [1.54, 1.807) is 0 Å². The van der Waals surface area contributed by atoms with Gasteiger partial charge in [-0.15, -0.1) is 0 Å². The summed E-state index contributed by atoms with van der Waals surface area (Å²) < 4.78 is 46.5. The first kappa shape index (κ1) is 17.5. The van der Waals surface area contributed by atoms with Crippen molar-refractivity contribution in [3.8, 4) is 17.5 Å². The zero-order valence-electron chi connectivity index (χ0n) is 13.3. The van der Waals surface area contributed by atoms with Crippen molar-refractivity contribution < 1.29 is 23.0 Å². The van der Waals surface area contributed by atoms with Crippen molar-refractivity contribution in [2.45, 2.75) is 38.3 Å². The summed E-state index contributed by atoms with van der Waals surface area (Å²) in [4.78, 5) is 3.75. The Morgan fingerprint density at radius 1 is 1.36 bits per heavy atom. The average Bonchev–Trinajstić information content (AvgIpc) is 3.07. The summed E-state index contributed by atoms with van der Waals surface area (Å²) in [6.45, 7) is 0.0639. The molecule has 1 aliphatic rings. The number of alkyl halides is 3. The Labute approximate surface area is 142 Å². The van der Waals surface area contributed by atoms with E-state index >= 15 is 0 Å². The molecule has 1 fully saturated rings. The molecular weight excluding hydrogens is 335 g/mol. The van der Waals surface area contributed by atoms with Crippen LogP contribution in [0.3, 0.4) is 0 Å². The maximum absolute atomic E-state index is 13.2. The van der Waals surface area contributed by atoms with Gasteiger partial charge >= 0.3 is 6.18 Å². The monoisotopic (exact) mass is 351 g/mol. The second-order valence-electron chi connectivity index (χ2n) is 5.82. The summed E-state index contributed by atoms with van der Waals surface area (Å²) in [5, 5.41) is 18.5. The maximum atomic E-state index is 13.2. The van der Waals surface area contributed by atoms with E-state index in [9.17, 15) is 18.3 Å². The predicted molar refractivity (Wildman–Crippen MR) is 82.1 cm³/mol. The van der Waals surface area contributed by atoms with Crippen molar-refractivity contribution >= 4 is 0 Å². The predicted octanol–water partition coefficient (Wildman–Crippen LogP) is 3.63. The number of hydrogen-bond donors (Lipinski definition) is 1. The molecule has 132 valence electrons. The second kappa shape index (κ2) is 6.86. The van der Waals surface area contributed by atoms with Gasteiger partial charge in [0, 0.05) is 18.4 Å². The van der Waals surface area contributed by atoms with E-state index in [1.165, 1.54) is 22.8 Å². The third-order valence-corrected chi connectivity index (χ3v) is 4.13. The summed E-state index contributed by atoms with van der Waals surface area (Å²) in [5.74, 6) is 0.0766. The van der Waals surface area contributed by atoms with Crippen LogP contribution >= 0.6 is 0 Å². The highest BCUT2D eigenvalue weighted by molar-refractivity contribution is 5.63. The number of aliphatic hydroxyl groups excluding tert-OH is 1. The molecule has 0 aliphatic carbocycles. The maximum Gasteiger partial charge on any atom is 0.434 e. The molecule has 1 aromatic carbocycles. The number of halogens is 3. The number of aromatic nitrogens is 2. The van der Waals surface area contributed by atoms with Gasteiger partial charge in [0.1, 0.15) is 12.1 Å². The molecule has 5 nitrogen and oxygen atoms in total. The van der Waals surface area contributed by atoms with Crippen LogP contribution in [0.25, 0.3) is 11.4 Å². The van der Waals surface area contributed by atoms with E-state index in [0.717, 1.165) is 19.0 Å². The van der Waals surface area contributed by atoms with E-state index in [1.807, 2.05) is 6.07 Å². The van der Waals surface area contributed by atoms with Crippen LogP contribution in [0.15, 0.2) is 24.4 Å². The molecule has 1 aromatic heterocycles. The topological polar surface area (TPSA) is 71.1 Å². The molecule has 1 N–H and O–H groups in total. The van der Waals surface area contributed by atoms with Gasteiger partial charge < -0.3 is 14.4 Å². The number of nitrogens with zero attached hydrogens (tertiary/aromatic N) is 3. The molecule has 0 spiro atoms. The lowest BCUT2D eigenvalue weighted by Crippen LogP contribution is -2.18. The van der Waals surface area contributed by atoms with E-state index in [-0.39, 0.29) is 5.82 Å². The van der Waals surface area contributed by atoms with Crippen LogP contribution in [0.2, 0.25) is 0 Å². The third kappa shape index (κ3) is 3.52. The van der Waals surface area contributed by atoms with Gasteiger partial charge in [-0.3, -0.25) is 0 Å². The van der Waals surface area contributed by atoms with Crippen LogP contribution in [0, 0.1) is 11.3 Å². The van der Waals surface area contributed by atoms with Crippen LogP contribution in [0.5, 0.6) is 0 Å². The summed E-state index contributed by atoms with van der Waals surface area (Å²) in [6, 6.07) is 6.39. The van der Waals surface area contributed by atoms with Gasteiger partial charge in [-0.2, -0.15) is 18.4 Å². The molecule has 1 atom stereocenters. The number of imidazole rings is 1. The number of hydrogen-bond acceptors (Lipinski definition) is 4. The molecule has 0 bridgehead atoms. The standard InChI is InChI=1S/C17H16F3N3O2/c18-17(19,20)14-9-23(15-3-1-2-6-25-15)16(22-14)13-5-4-11(8-21)7-12(13)10-24/h4-5,7,9,15,24H,1-3,6,10H2. The van der Waals surface area contributed by atoms with E-state index in [4.69, 9.17) is 10.00 Å². The third-order valence-electron chi connectivity index (χ3n) is 4.13. The van der Waals surface area contributed by atoms with Gasteiger partial charge in [0.2, 0.25) is 0 Å². The quantitative estimate of drug-likeness (QED) is 0.917. The van der Waals surface area contributed by atoms with Gasteiger partial charge in [-0.25, -0.2) is 4.98 Å². The van der Waals surface area contributed by atoms with Crippen molar-refractivity contribution in [3.05, 3.63) is 41.2 Å². The number of benzene rings is 1. The van der Waals surface area contributed by atoms with Crippen LogP contribution in [-0.4, -0.2) is 21.3 Å². The Hall–Kier alpha value is -2.37. The van der Waals surface area contributed by atoms with Gasteiger partial charge in [0.05, 0.1) is 18.2 Å². The van der Waals surface area contributed by atoms with Gasteiger partial charge in [0.15, 0.2) is 5.69 Å². The average molecular weight is 351 g/mol. The Morgan fingerprint density at radius 3 is 2.76 bits per heavy atom. The Kier molecular flexibility index (Phi) is 4.79. The highest BCUT2D eigenvalue weighted by Crippen LogP contribution is 2.36. The lowest BCUT2D eigenvalue weighted by atomic mass is 10.0. The summed E-state index contributed by atoms with van der Waals surface area (Å²) in [6.07, 6.45) is -1.86. The molecule has 0 radical (unpaired) electrons. The fourth-order valence-corrected chi connectivity index (χ4v) is 2.90. The second-order valence-corrected chi connectivity index (χ2v) is 5.82.